The van der Waals surface area contributed by atoms with Crippen LogP contribution in [-0.2, 0) is 0 Å². The van der Waals surface area contributed by atoms with Gasteiger partial charge < -0.3 is 14.3 Å². The summed E-state index contributed by atoms with van der Waals surface area (Å²) in [7, 11) is -2.60. The number of rotatable bonds is 2. The van der Waals surface area contributed by atoms with Gasteiger partial charge in [-0.05, 0) is 30.7 Å². The van der Waals surface area contributed by atoms with E-state index in [4.69, 9.17) is 16.5 Å². The third-order valence-corrected chi connectivity index (χ3v) is 1.90. The summed E-state index contributed by atoms with van der Waals surface area (Å²) in [5.41, 5.74) is 0.736. The summed E-state index contributed by atoms with van der Waals surface area (Å²) < 4.78 is 4.61. The Bertz CT molecular complexity index is 282. The second kappa shape index (κ2) is 6.20. The molecule has 3 nitrogen and oxygen atoms in total. The molecule has 0 saturated heterocycles. The molecule has 0 aliphatic carbocycles. The molecule has 1 unspecified atom stereocenters. The Kier molecular flexibility index (Phi) is 6.52. The minimum atomic E-state index is -2.60. The van der Waals surface area contributed by atoms with Crippen molar-refractivity contribution in [3.8, 4) is 5.75 Å². The monoisotopic (exact) mass is 228 g/mol. The quantitative estimate of drug-likeness (QED) is 0.501. The Morgan fingerprint density at radius 1 is 1.54 bits per heavy atom. The van der Waals surface area contributed by atoms with Crippen molar-refractivity contribution in [1.82, 2.24) is 0 Å². The molecule has 6 heteroatoms. The number of aryl methyl sites for hydroxylation is 1. The van der Waals surface area contributed by atoms with Crippen LogP contribution in [0.1, 0.15) is 5.56 Å². The molecular weight excluding hydrogens is 221 g/mol. The third-order valence-electron chi connectivity index (χ3n) is 1.31. The zero-order chi connectivity index (χ0) is 9.14. The van der Waals surface area contributed by atoms with Crippen LogP contribution >= 0.6 is 20.2 Å². The predicted molar refractivity (Wildman–Crippen MR) is 46.0 cm³/mol. The first kappa shape index (κ1) is 13.7. The van der Waals surface area contributed by atoms with Crippen LogP contribution < -0.4 is 39.0 Å². The van der Waals surface area contributed by atoms with E-state index < -0.39 is 8.60 Å². The Morgan fingerprint density at radius 2 is 2.15 bits per heavy atom. The first-order chi connectivity index (χ1) is 5.59. The van der Waals surface area contributed by atoms with Crippen molar-refractivity contribution < 1.29 is 43.9 Å². The molecule has 1 rings (SSSR count). The maximum Gasteiger partial charge on any atom is 1.00 e. The molecule has 0 amide bonds. The van der Waals surface area contributed by atoms with E-state index in [-0.39, 0.29) is 29.6 Å². The molecule has 1 atom stereocenters. The summed E-state index contributed by atoms with van der Waals surface area (Å²) >= 11 is 5.66. The van der Waals surface area contributed by atoms with E-state index in [0.717, 1.165) is 5.56 Å². The smallest absolute Gasteiger partial charge is 0.776 e. The van der Waals surface area contributed by atoms with Crippen LogP contribution in [0.15, 0.2) is 18.2 Å². The molecule has 1 aromatic carbocycles. The summed E-state index contributed by atoms with van der Waals surface area (Å²) in [5.74, 6) is 0.378. The number of hydrogen-bond acceptors (Lipinski definition) is 3. The van der Waals surface area contributed by atoms with Gasteiger partial charge in [-0.3, -0.25) is 0 Å². The molecule has 13 heavy (non-hydrogen) atoms. The molecule has 0 radical (unpaired) electrons. The van der Waals surface area contributed by atoms with Gasteiger partial charge in [0.2, 0.25) is 0 Å². The van der Waals surface area contributed by atoms with Crippen LogP contribution in [0, 0.1) is 6.92 Å². The zero-order valence-electron chi connectivity index (χ0n) is 7.32. The molecule has 0 aliphatic rings. The number of benzene rings is 1. The molecule has 0 spiro atoms. The van der Waals surface area contributed by atoms with Gasteiger partial charge in [0.25, 0.3) is 0 Å². The standard InChI is InChI=1S/C7H7ClO3P.Na/c1-5-4-6(8)2-3-7(5)11-12(9)10;/h2-4,9H,1H3;/q-1;+1. The van der Waals surface area contributed by atoms with E-state index >= 15 is 0 Å². The fourth-order valence-electron chi connectivity index (χ4n) is 0.799. The van der Waals surface area contributed by atoms with E-state index in [1.807, 2.05) is 0 Å². The normalized spacial score (nSPS) is 11.7. The Hall–Kier alpha value is 0.660. The summed E-state index contributed by atoms with van der Waals surface area (Å²) in [6.07, 6.45) is 0. The van der Waals surface area contributed by atoms with Crippen LogP contribution in [0.2, 0.25) is 5.02 Å². The summed E-state index contributed by atoms with van der Waals surface area (Å²) in [5, 5.41) is 0.577. The van der Waals surface area contributed by atoms with Crippen molar-refractivity contribution in [3.63, 3.8) is 0 Å². The van der Waals surface area contributed by atoms with E-state index in [1.54, 1.807) is 25.1 Å². The molecule has 1 N–H and O–H groups in total. The van der Waals surface area contributed by atoms with Gasteiger partial charge in [0.05, 0.1) is 0 Å². The van der Waals surface area contributed by atoms with Gasteiger partial charge in [-0.1, -0.05) is 11.6 Å². The average molecular weight is 229 g/mol. The fraction of sp³-hybridized carbons (Fsp3) is 0.143. The summed E-state index contributed by atoms with van der Waals surface area (Å²) in [6.45, 7) is 1.75. The van der Waals surface area contributed by atoms with E-state index in [2.05, 4.69) is 4.52 Å². The van der Waals surface area contributed by atoms with Gasteiger partial charge in [0.15, 0.2) is 0 Å². The van der Waals surface area contributed by atoms with Crippen molar-refractivity contribution in [2.45, 2.75) is 6.92 Å². The first-order valence-corrected chi connectivity index (χ1v) is 4.70. The van der Waals surface area contributed by atoms with Crippen molar-refractivity contribution >= 4 is 20.2 Å². The minimum absolute atomic E-state index is 0. The van der Waals surface area contributed by atoms with Crippen LogP contribution in [0.5, 0.6) is 5.75 Å². The Labute approximate surface area is 105 Å². The molecule has 66 valence electrons. The topological polar surface area (TPSA) is 52.5 Å². The molecular formula is C7H7ClNaO3P. The van der Waals surface area contributed by atoms with Crippen LogP contribution in [0.25, 0.3) is 0 Å². The number of halogens is 1. The van der Waals surface area contributed by atoms with Gasteiger partial charge in [-0.25, -0.2) is 0 Å². The van der Waals surface area contributed by atoms with Gasteiger partial charge in [0, 0.05) is 5.02 Å². The minimum Gasteiger partial charge on any atom is -0.776 e. The molecule has 0 saturated carbocycles. The molecule has 1 aromatic rings. The van der Waals surface area contributed by atoms with Crippen LogP contribution in [0.4, 0.5) is 0 Å². The average Bonchev–Trinajstić information content (AvgIpc) is 1.94. The van der Waals surface area contributed by atoms with Gasteiger partial charge in [-0.15, -0.1) is 0 Å². The van der Waals surface area contributed by atoms with Crippen LogP contribution in [0.3, 0.4) is 0 Å². The van der Waals surface area contributed by atoms with Gasteiger partial charge >= 0.3 is 29.6 Å². The Morgan fingerprint density at radius 3 is 2.62 bits per heavy atom. The molecule has 0 fully saturated rings. The second-order valence-corrected chi connectivity index (χ2v) is 3.33. The van der Waals surface area contributed by atoms with E-state index in [9.17, 15) is 4.89 Å². The summed E-state index contributed by atoms with van der Waals surface area (Å²) in [4.78, 5) is 18.8. The van der Waals surface area contributed by atoms with Gasteiger partial charge in [0.1, 0.15) is 14.4 Å². The van der Waals surface area contributed by atoms with E-state index in [0.29, 0.717) is 10.8 Å². The summed E-state index contributed by atoms with van der Waals surface area (Å²) in [6, 6.07) is 4.82. The van der Waals surface area contributed by atoms with Crippen LogP contribution in [-0.4, -0.2) is 4.89 Å². The van der Waals surface area contributed by atoms with Crippen molar-refractivity contribution in [2.24, 2.45) is 0 Å². The third kappa shape index (κ3) is 4.61. The van der Waals surface area contributed by atoms with Crippen molar-refractivity contribution in [3.05, 3.63) is 28.8 Å². The van der Waals surface area contributed by atoms with Gasteiger partial charge in [-0.2, -0.15) is 0 Å². The van der Waals surface area contributed by atoms with E-state index in [1.165, 1.54) is 0 Å². The number of hydrogen-bond donors (Lipinski definition) is 1. The first-order valence-electron chi connectivity index (χ1n) is 3.20. The van der Waals surface area contributed by atoms with Crippen molar-refractivity contribution in [1.29, 1.82) is 0 Å². The van der Waals surface area contributed by atoms with Crippen molar-refractivity contribution in [2.75, 3.05) is 0 Å². The largest absolute Gasteiger partial charge is 1.00 e. The molecule has 0 aromatic heterocycles. The fourth-order valence-corrected chi connectivity index (χ4v) is 1.40. The maximum absolute atomic E-state index is 10.3. The molecule has 0 aliphatic heterocycles. The molecule has 0 bridgehead atoms. The predicted octanol–water partition coefficient (Wildman–Crippen LogP) is -1.39. The Balaban J connectivity index is 0.00000144. The SMILES string of the molecule is Cc1cc(Cl)ccc1OP([O-])O.[Na+]. The zero-order valence-corrected chi connectivity index (χ0v) is 11.0. The second-order valence-electron chi connectivity index (χ2n) is 2.24. The molecule has 0 heterocycles. The maximum atomic E-state index is 10.3.